The number of nitrogens with zero attached hydrogens (tertiary/aromatic N) is 2. The molecule has 0 radical (unpaired) electrons. The van der Waals surface area contributed by atoms with Gasteiger partial charge >= 0.3 is 11.9 Å². The first-order valence-electron chi connectivity index (χ1n) is 14.5. The van der Waals surface area contributed by atoms with Gasteiger partial charge < -0.3 is 37.9 Å². The maximum Gasteiger partial charge on any atom is 0.338 e. The van der Waals surface area contributed by atoms with Gasteiger partial charge in [0, 0.05) is 25.2 Å². The molecule has 2 atom stereocenters. The highest BCUT2D eigenvalue weighted by molar-refractivity contribution is 5.91. The molecule has 0 aromatic heterocycles. The molecule has 0 spiro atoms. The van der Waals surface area contributed by atoms with Crippen molar-refractivity contribution in [2.45, 2.75) is 38.8 Å². The molecule has 0 N–H and O–H groups in total. The van der Waals surface area contributed by atoms with E-state index < -0.39 is 11.9 Å². The van der Waals surface area contributed by atoms with E-state index in [1.165, 1.54) is 42.7 Å². The molecule has 0 aliphatic rings. The highest BCUT2D eigenvalue weighted by atomic mass is 16.5. The number of hydrogen-bond acceptors (Lipinski definition) is 12. The third-order valence-corrected chi connectivity index (χ3v) is 7.61. The molecule has 2 aromatic carbocycles. The summed E-state index contributed by atoms with van der Waals surface area (Å²) in [6.07, 6.45) is 1.57. The van der Waals surface area contributed by atoms with Crippen molar-refractivity contribution in [1.29, 1.82) is 0 Å². The molecule has 0 saturated heterocycles. The molecule has 12 heteroatoms. The molecule has 0 unspecified atom stereocenters. The Balaban J connectivity index is 1.95. The molecule has 246 valence electrons. The van der Waals surface area contributed by atoms with Crippen molar-refractivity contribution in [3.8, 4) is 34.5 Å². The fourth-order valence-corrected chi connectivity index (χ4v) is 4.70. The Kier molecular flexibility index (Phi) is 14.9. The fraction of sp³-hybridized carbons (Fsp3) is 0.562. The largest absolute Gasteiger partial charge is 0.493 e. The smallest absolute Gasteiger partial charge is 0.338 e. The first-order chi connectivity index (χ1) is 21.1. The predicted molar refractivity (Wildman–Crippen MR) is 166 cm³/mol. The van der Waals surface area contributed by atoms with Gasteiger partial charge in [-0.1, -0.05) is 13.8 Å². The minimum atomic E-state index is -0.479. The molecule has 0 fully saturated rings. The SMILES string of the molecule is CC[C@@H](COC(=O)c1cc(OC)c(OC)c(OC)c1)N(C)CCN(C)[C@@H](CC)COC(=O)c1cc(OC)c(OC)c(OC)c1. The van der Waals surface area contributed by atoms with E-state index in [0.717, 1.165) is 12.8 Å². The summed E-state index contributed by atoms with van der Waals surface area (Å²) < 4.78 is 43.4. The summed E-state index contributed by atoms with van der Waals surface area (Å²) in [4.78, 5) is 30.1. The maximum atomic E-state index is 12.9. The lowest BCUT2D eigenvalue weighted by atomic mass is 10.1. The van der Waals surface area contributed by atoms with Crippen LogP contribution in [0.25, 0.3) is 0 Å². The van der Waals surface area contributed by atoms with E-state index in [1.807, 2.05) is 14.1 Å². The summed E-state index contributed by atoms with van der Waals surface area (Å²) in [5.41, 5.74) is 0.618. The molecule has 0 heterocycles. The topological polar surface area (TPSA) is 114 Å². The molecular weight excluding hydrogens is 572 g/mol. The van der Waals surface area contributed by atoms with Crippen LogP contribution >= 0.6 is 0 Å². The van der Waals surface area contributed by atoms with Crippen LogP contribution in [-0.2, 0) is 9.47 Å². The van der Waals surface area contributed by atoms with E-state index in [4.69, 9.17) is 37.9 Å². The van der Waals surface area contributed by atoms with E-state index in [1.54, 1.807) is 24.3 Å². The monoisotopic (exact) mass is 620 g/mol. The third kappa shape index (κ3) is 9.30. The number of esters is 2. The van der Waals surface area contributed by atoms with E-state index >= 15 is 0 Å². The highest BCUT2D eigenvalue weighted by Gasteiger charge is 2.23. The van der Waals surface area contributed by atoms with Gasteiger partial charge in [0.1, 0.15) is 13.2 Å². The van der Waals surface area contributed by atoms with E-state index in [0.29, 0.717) is 58.7 Å². The van der Waals surface area contributed by atoms with Gasteiger partial charge in [0.15, 0.2) is 23.0 Å². The molecular formula is C32H48N2O10. The molecule has 0 saturated carbocycles. The molecule has 0 aliphatic heterocycles. The first kappa shape index (κ1) is 36.3. The lowest BCUT2D eigenvalue weighted by Gasteiger charge is -2.31. The Morgan fingerprint density at radius 2 is 0.864 bits per heavy atom. The van der Waals surface area contributed by atoms with E-state index in [2.05, 4.69) is 23.6 Å². The lowest BCUT2D eigenvalue weighted by Crippen LogP contribution is -2.44. The normalized spacial score (nSPS) is 12.4. The number of ether oxygens (including phenoxy) is 8. The second-order valence-corrected chi connectivity index (χ2v) is 10.1. The van der Waals surface area contributed by atoms with Crippen molar-refractivity contribution < 1.29 is 47.5 Å². The Bertz CT molecular complexity index is 1080. The molecule has 12 nitrogen and oxygen atoms in total. The van der Waals surface area contributed by atoms with Crippen molar-refractivity contribution >= 4 is 11.9 Å². The number of hydrogen-bond donors (Lipinski definition) is 0. The highest BCUT2D eigenvalue weighted by Crippen LogP contribution is 2.39. The average Bonchev–Trinajstić information content (AvgIpc) is 3.05. The van der Waals surface area contributed by atoms with Gasteiger partial charge in [-0.3, -0.25) is 9.80 Å². The standard InChI is InChI=1S/C32H48N2O10/c1-11-23(19-43-31(35)21-15-25(37-5)29(41-9)26(16-21)38-6)33(3)13-14-34(4)24(12-2)20-44-32(36)22-17-27(39-7)30(42-10)28(18-22)40-8/h15-18,23-24H,11-14,19-20H2,1-10H3/t23-,24-/m0/s1. The van der Waals surface area contributed by atoms with E-state index in [9.17, 15) is 9.59 Å². The summed E-state index contributed by atoms with van der Waals surface area (Å²) in [7, 11) is 13.0. The van der Waals surface area contributed by atoms with Gasteiger partial charge in [0.05, 0.1) is 53.8 Å². The van der Waals surface area contributed by atoms with Crippen molar-refractivity contribution in [3.63, 3.8) is 0 Å². The number of likely N-dealkylation sites (N-methyl/N-ethyl adjacent to an activating group) is 2. The van der Waals surface area contributed by atoms with Crippen LogP contribution in [0, 0.1) is 0 Å². The summed E-state index contributed by atoms with van der Waals surface area (Å²) in [6.45, 7) is 5.97. The molecule has 2 aromatic rings. The van der Waals surface area contributed by atoms with Crippen LogP contribution in [0.3, 0.4) is 0 Å². The summed E-state index contributed by atoms with van der Waals surface area (Å²) in [5, 5.41) is 0. The fourth-order valence-electron chi connectivity index (χ4n) is 4.70. The lowest BCUT2D eigenvalue weighted by molar-refractivity contribution is 0.0303. The predicted octanol–water partition coefficient (Wildman–Crippen LogP) is 4.17. The van der Waals surface area contributed by atoms with Crippen molar-refractivity contribution in [1.82, 2.24) is 9.80 Å². The van der Waals surface area contributed by atoms with E-state index in [-0.39, 0.29) is 25.3 Å². The van der Waals surface area contributed by atoms with Crippen molar-refractivity contribution in [2.75, 3.05) is 83.1 Å². The van der Waals surface area contributed by atoms with Crippen LogP contribution in [0.1, 0.15) is 47.4 Å². The second-order valence-electron chi connectivity index (χ2n) is 10.1. The average molecular weight is 621 g/mol. The Hall–Kier alpha value is -3.90. The van der Waals surface area contributed by atoms with Crippen LogP contribution in [0.4, 0.5) is 0 Å². The van der Waals surface area contributed by atoms with Gasteiger partial charge in [0.2, 0.25) is 11.5 Å². The Morgan fingerprint density at radius 3 is 1.09 bits per heavy atom. The Morgan fingerprint density at radius 1 is 0.568 bits per heavy atom. The van der Waals surface area contributed by atoms with Crippen LogP contribution in [0.5, 0.6) is 34.5 Å². The van der Waals surface area contributed by atoms with Crippen molar-refractivity contribution in [2.24, 2.45) is 0 Å². The number of benzene rings is 2. The van der Waals surface area contributed by atoms with Crippen LogP contribution in [0.2, 0.25) is 0 Å². The van der Waals surface area contributed by atoms with Crippen LogP contribution < -0.4 is 28.4 Å². The summed E-state index contributed by atoms with van der Waals surface area (Å²) >= 11 is 0. The molecule has 44 heavy (non-hydrogen) atoms. The molecule has 0 aliphatic carbocycles. The minimum absolute atomic E-state index is 0.00678. The van der Waals surface area contributed by atoms with Gasteiger partial charge in [0.25, 0.3) is 0 Å². The zero-order valence-electron chi connectivity index (χ0n) is 27.7. The number of methoxy groups -OCH3 is 6. The number of carbonyl (C=O) groups excluding carboxylic acids is 2. The summed E-state index contributed by atoms with van der Waals surface area (Å²) in [5.74, 6) is 1.38. The van der Waals surface area contributed by atoms with Crippen LogP contribution in [-0.4, -0.2) is 117 Å². The quantitative estimate of drug-likeness (QED) is 0.210. The summed E-state index contributed by atoms with van der Waals surface area (Å²) in [6, 6.07) is 6.30. The number of rotatable bonds is 19. The van der Waals surface area contributed by atoms with Crippen LogP contribution in [0.15, 0.2) is 24.3 Å². The van der Waals surface area contributed by atoms with Gasteiger partial charge in [-0.05, 0) is 51.2 Å². The van der Waals surface area contributed by atoms with Gasteiger partial charge in [-0.2, -0.15) is 0 Å². The second kappa shape index (κ2) is 18.0. The molecule has 2 rings (SSSR count). The maximum absolute atomic E-state index is 12.9. The number of carbonyl (C=O) groups is 2. The molecule has 0 bridgehead atoms. The molecule has 0 amide bonds. The van der Waals surface area contributed by atoms with Gasteiger partial charge in [-0.25, -0.2) is 9.59 Å². The zero-order chi connectivity index (χ0) is 32.8. The third-order valence-electron chi connectivity index (χ3n) is 7.61. The zero-order valence-corrected chi connectivity index (χ0v) is 27.7. The van der Waals surface area contributed by atoms with Gasteiger partial charge in [-0.15, -0.1) is 0 Å². The minimum Gasteiger partial charge on any atom is -0.493 e. The Labute approximate surface area is 261 Å². The first-order valence-corrected chi connectivity index (χ1v) is 14.5. The van der Waals surface area contributed by atoms with Crippen molar-refractivity contribution in [3.05, 3.63) is 35.4 Å².